The average molecular weight is 435 g/mol. The molecular formula is C23H17NO6S. The van der Waals surface area contributed by atoms with Gasteiger partial charge in [0, 0.05) is 0 Å². The second kappa shape index (κ2) is 7.81. The molecule has 0 saturated heterocycles. The van der Waals surface area contributed by atoms with Crippen molar-refractivity contribution >= 4 is 27.6 Å². The number of fused-ring (bicyclic) bond motifs is 1. The highest BCUT2D eigenvalue weighted by Gasteiger charge is 2.39. The molecule has 3 aromatic rings. The van der Waals surface area contributed by atoms with Crippen LogP contribution >= 0.6 is 0 Å². The van der Waals surface area contributed by atoms with Gasteiger partial charge < -0.3 is 4.84 Å². The zero-order valence-corrected chi connectivity index (χ0v) is 17.3. The van der Waals surface area contributed by atoms with Crippen molar-refractivity contribution in [2.24, 2.45) is 0 Å². The molecule has 8 heteroatoms. The Morgan fingerprint density at radius 3 is 2.03 bits per heavy atom. The van der Waals surface area contributed by atoms with E-state index in [9.17, 15) is 22.8 Å². The maximum Gasteiger partial charge on any atom is 0.364 e. The summed E-state index contributed by atoms with van der Waals surface area (Å²) in [4.78, 5) is 42.9. The standard InChI is InChI=1S/C23H17NO6S/c1-15-8-2-7-13-20(15)31(28,29)14-16-9-3-4-10-17(16)23(27)30-24-21(25)18-11-5-6-12-19(18)22(24)26/h2-13H,14H2,1H3. The zero-order chi connectivity index (χ0) is 22.2. The summed E-state index contributed by atoms with van der Waals surface area (Å²) in [5.41, 5.74) is 1.02. The van der Waals surface area contributed by atoms with Crippen LogP contribution in [0.1, 0.15) is 42.2 Å². The van der Waals surface area contributed by atoms with Crippen molar-refractivity contribution in [1.82, 2.24) is 5.06 Å². The molecule has 0 saturated carbocycles. The fraction of sp³-hybridized carbons (Fsp3) is 0.0870. The van der Waals surface area contributed by atoms with Crippen molar-refractivity contribution in [3.05, 3.63) is 101 Å². The van der Waals surface area contributed by atoms with Gasteiger partial charge in [0.1, 0.15) is 0 Å². The smallest absolute Gasteiger partial charge is 0.324 e. The molecule has 0 bridgehead atoms. The number of hydroxylamine groups is 2. The van der Waals surface area contributed by atoms with E-state index in [1.54, 1.807) is 49.4 Å². The van der Waals surface area contributed by atoms with Gasteiger partial charge in [-0.2, -0.15) is 0 Å². The van der Waals surface area contributed by atoms with E-state index in [4.69, 9.17) is 4.84 Å². The summed E-state index contributed by atoms with van der Waals surface area (Å²) in [6.45, 7) is 1.69. The van der Waals surface area contributed by atoms with E-state index < -0.39 is 33.4 Å². The second-order valence-corrected chi connectivity index (χ2v) is 8.97. The van der Waals surface area contributed by atoms with Gasteiger partial charge in [0.05, 0.1) is 27.3 Å². The molecule has 7 nitrogen and oxygen atoms in total. The molecule has 3 aromatic carbocycles. The predicted molar refractivity (Wildman–Crippen MR) is 111 cm³/mol. The molecule has 31 heavy (non-hydrogen) atoms. The topological polar surface area (TPSA) is 97.8 Å². The lowest BCUT2D eigenvalue weighted by atomic mass is 10.1. The van der Waals surface area contributed by atoms with Crippen molar-refractivity contribution in [2.45, 2.75) is 17.6 Å². The number of sulfone groups is 1. The minimum absolute atomic E-state index is 0.0452. The van der Waals surface area contributed by atoms with Gasteiger partial charge in [0.25, 0.3) is 11.8 Å². The molecule has 0 unspecified atom stereocenters. The summed E-state index contributed by atoms with van der Waals surface area (Å²) >= 11 is 0. The first-order valence-corrected chi connectivity index (χ1v) is 11.0. The van der Waals surface area contributed by atoms with Crippen LogP contribution in [0, 0.1) is 6.92 Å². The van der Waals surface area contributed by atoms with Gasteiger partial charge in [-0.25, -0.2) is 13.2 Å². The molecule has 0 spiro atoms. The molecule has 0 aliphatic carbocycles. The Hall–Kier alpha value is -3.78. The third-order valence-corrected chi connectivity index (χ3v) is 6.76. The van der Waals surface area contributed by atoms with E-state index in [1.807, 2.05) is 0 Å². The minimum atomic E-state index is -3.75. The number of hydrogen-bond acceptors (Lipinski definition) is 6. The van der Waals surface area contributed by atoms with Gasteiger partial charge in [0.2, 0.25) is 0 Å². The molecule has 156 valence electrons. The summed E-state index contributed by atoms with van der Waals surface area (Å²) in [5, 5.41) is 0.402. The quantitative estimate of drug-likeness (QED) is 0.570. The normalized spacial score (nSPS) is 13.3. The highest BCUT2D eigenvalue weighted by molar-refractivity contribution is 7.90. The van der Waals surface area contributed by atoms with E-state index in [-0.39, 0.29) is 27.1 Å². The van der Waals surface area contributed by atoms with Crippen LogP contribution in [0.4, 0.5) is 0 Å². The lowest BCUT2D eigenvalue weighted by Crippen LogP contribution is -2.33. The largest absolute Gasteiger partial charge is 0.364 e. The molecule has 0 aromatic heterocycles. The summed E-state index contributed by atoms with van der Waals surface area (Å²) in [6.07, 6.45) is 0. The molecule has 0 fully saturated rings. The fourth-order valence-electron chi connectivity index (χ4n) is 3.42. The Bertz CT molecular complexity index is 1290. The van der Waals surface area contributed by atoms with E-state index in [0.717, 1.165) is 0 Å². The van der Waals surface area contributed by atoms with E-state index in [1.165, 1.54) is 30.3 Å². The highest BCUT2D eigenvalue weighted by Crippen LogP contribution is 2.25. The molecule has 4 rings (SSSR count). The van der Waals surface area contributed by atoms with Gasteiger partial charge in [-0.05, 0) is 42.3 Å². The number of imide groups is 1. The fourth-order valence-corrected chi connectivity index (χ4v) is 5.08. The average Bonchev–Trinajstić information content (AvgIpc) is 2.99. The van der Waals surface area contributed by atoms with Gasteiger partial charge in [-0.15, -0.1) is 0 Å². The molecule has 0 radical (unpaired) electrons. The lowest BCUT2D eigenvalue weighted by Gasteiger charge is -2.15. The number of rotatable bonds is 5. The Kier molecular flexibility index (Phi) is 5.16. The minimum Gasteiger partial charge on any atom is -0.324 e. The Labute approximate surface area is 178 Å². The third kappa shape index (κ3) is 3.73. The SMILES string of the molecule is Cc1ccccc1S(=O)(=O)Cc1ccccc1C(=O)ON1C(=O)c2ccccc2C1=O. The van der Waals surface area contributed by atoms with Crippen molar-refractivity contribution < 1.29 is 27.6 Å². The molecule has 0 N–H and O–H groups in total. The van der Waals surface area contributed by atoms with Crippen LogP contribution in [0.25, 0.3) is 0 Å². The van der Waals surface area contributed by atoms with Gasteiger partial charge >= 0.3 is 5.97 Å². The van der Waals surface area contributed by atoms with Crippen LogP contribution in [-0.4, -0.2) is 31.3 Å². The van der Waals surface area contributed by atoms with E-state index >= 15 is 0 Å². The molecule has 1 heterocycles. The van der Waals surface area contributed by atoms with Crippen molar-refractivity contribution in [2.75, 3.05) is 0 Å². The van der Waals surface area contributed by atoms with Gasteiger partial charge in [-0.1, -0.05) is 53.6 Å². The lowest BCUT2D eigenvalue weighted by molar-refractivity contribution is -0.0585. The molecule has 0 atom stereocenters. The van der Waals surface area contributed by atoms with Gasteiger partial charge in [0.15, 0.2) is 9.84 Å². The summed E-state index contributed by atoms with van der Waals surface area (Å²) in [7, 11) is -3.75. The Balaban J connectivity index is 1.61. The maximum absolute atomic E-state index is 12.9. The number of carbonyl (C=O) groups is 3. The van der Waals surface area contributed by atoms with Crippen LogP contribution in [0.15, 0.2) is 77.7 Å². The predicted octanol–water partition coefficient (Wildman–Crippen LogP) is 3.34. The highest BCUT2D eigenvalue weighted by atomic mass is 32.2. The molecular weight excluding hydrogens is 418 g/mol. The number of hydrogen-bond donors (Lipinski definition) is 0. The van der Waals surface area contributed by atoms with Crippen molar-refractivity contribution in [3.8, 4) is 0 Å². The van der Waals surface area contributed by atoms with E-state index in [0.29, 0.717) is 10.6 Å². The zero-order valence-electron chi connectivity index (χ0n) is 16.4. The number of benzene rings is 3. The van der Waals surface area contributed by atoms with Crippen molar-refractivity contribution in [3.63, 3.8) is 0 Å². The summed E-state index contributed by atoms with van der Waals surface area (Å²) in [5.74, 6) is -2.94. The maximum atomic E-state index is 12.9. The number of aryl methyl sites for hydroxylation is 1. The van der Waals surface area contributed by atoms with Crippen LogP contribution in [0.3, 0.4) is 0 Å². The van der Waals surface area contributed by atoms with Crippen molar-refractivity contribution in [1.29, 1.82) is 0 Å². The van der Waals surface area contributed by atoms with Crippen LogP contribution < -0.4 is 0 Å². The monoisotopic (exact) mass is 435 g/mol. The summed E-state index contributed by atoms with van der Waals surface area (Å²) < 4.78 is 25.8. The third-order valence-electron chi connectivity index (χ3n) is 4.94. The van der Waals surface area contributed by atoms with Crippen LogP contribution in [0.5, 0.6) is 0 Å². The van der Waals surface area contributed by atoms with E-state index in [2.05, 4.69) is 0 Å². The summed E-state index contributed by atoms with van der Waals surface area (Å²) in [6, 6.07) is 18.7. The second-order valence-electron chi connectivity index (χ2n) is 7.01. The Morgan fingerprint density at radius 1 is 0.839 bits per heavy atom. The number of amides is 2. The number of nitrogens with zero attached hydrogens (tertiary/aromatic N) is 1. The molecule has 1 aliphatic heterocycles. The van der Waals surface area contributed by atoms with Crippen LogP contribution in [0.2, 0.25) is 0 Å². The molecule has 1 aliphatic rings. The number of carbonyl (C=O) groups excluding carboxylic acids is 3. The molecule has 2 amide bonds. The Morgan fingerprint density at radius 2 is 1.39 bits per heavy atom. The van der Waals surface area contributed by atoms with Gasteiger partial charge in [-0.3, -0.25) is 9.59 Å². The first kappa shape index (κ1) is 20.5. The first-order chi connectivity index (χ1) is 14.8. The first-order valence-electron chi connectivity index (χ1n) is 9.36. The van der Waals surface area contributed by atoms with Crippen LogP contribution in [-0.2, 0) is 20.4 Å².